The lowest BCUT2D eigenvalue weighted by Gasteiger charge is -2.11. The summed E-state index contributed by atoms with van der Waals surface area (Å²) < 4.78 is 19.2. The Morgan fingerprint density at radius 2 is 1.95 bits per heavy atom. The summed E-state index contributed by atoms with van der Waals surface area (Å²) in [6.07, 6.45) is 0.735. The first-order valence-electron chi connectivity index (χ1n) is 6.43. The molecule has 0 saturated carbocycles. The van der Waals surface area contributed by atoms with Crippen LogP contribution in [0.25, 0.3) is 0 Å². The van der Waals surface area contributed by atoms with E-state index in [2.05, 4.69) is 0 Å². The van der Waals surface area contributed by atoms with Crippen molar-refractivity contribution in [1.82, 2.24) is 0 Å². The van der Waals surface area contributed by atoms with E-state index in [4.69, 9.17) is 22.1 Å². The van der Waals surface area contributed by atoms with Gasteiger partial charge < -0.3 is 10.5 Å². The zero-order valence-electron chi connectivity index (χ0n) is 11.5. The van der Waals surface area contributed by atoms with Crippen LogP contribution in [0.2, 0.25) is 5.02 Å². The molecule has 0 aliphatic heterocycles. The molecule has 0 heterocycles. The summed E-state index contributed by atoms with van der Waals surface area (Å²) in [6.45, 7) is 3.81. The minimum atomic E-state index is -0.411. The van der Waals surface area contributed by atoms with Crippen molar-refractivity contribution in [3.8, 4) is 11.5 Å². The molecule has 0 fully saturated rings. The SMILES string of the molecule is Cc1ccc(F)c(Oc2ccc(CC(C)N)cc2Cl)c1. The minimum absolute atomic E-state index is 0.0621. The fourth-order valence-electron chi connectivity index (χ4n) is 1.93. The molecular weight excluding hydrogens is 277 g/mol. The van der Waals surface area contributed by atoms with Crippen LogP contribution in [-0.2, 0) is 6.42 Å². The molecule has 0 bridgehead atoms. The van der Waals surface area contributed by atoms with E-state index in [1.165, 1.54) is 6.07 Å². The van der Waals surface area contributed by atoms with Crippen molar-refractivity contribution in [1.29, 1.82) is 0 Å². The lowest BCUT2D eigenvalue weighted by atomic mass is 10.1. The summed E-state index contributed by atoms with van der Waals surface area (Å²) in [7, 11) is 0. The van der Waals surface area contributed by atoms with Gasteiger partial charge in [0.25, 0.3) is 0 Å². The highest BCUT2D eigenvalue weighted by Gasteiger charge is 2.09. The van der Waals surface area contributed by atoms with E-state index in [0.717, 1.165) is 17.5 Å². The maximum Gasteiger partial charge on any atom is 0.165 e. The van der Waals surface area contributed by atoms with Crippen molar-refractivity contribution < 1.29 is 9.13 Å². The number of halogens is 2. The minimum Gasteiger partial charge on any atom is -0.453 e. The van der Waals surface area contributed by atoms with Gasteiger partial charge in [0, 0.05) is 6.04 Å². The maximum atomic E-state index is 13.7. The van der Waals surface area contributed by atoms with Crippen LogP contribution in [0, 0.1) is 12.7 Å². The average Bonchev–Trinajstić information content (AvgIpc) is 2.36. The van der Waals surface area contributed by atoms with E-state index in [1.54, 1.807) is 24.3 Å². The molecule has 0 aliphatic carbocycles. The summed E-state index contributed by atoms with van der Waals surface area (Å²) in [5.41, 5.74) is 7.70. The predicted octanol–water partition coefficient (Wildman–Crippen LogP) is 4.47. The summed E-state index contributed by atoms with van der Waals surface area (Å²) in [6, 6.07) is 10.2. The van der Waals surface area contributed by atoms with Gasteiger partial charge in [-0.05, 0) is 55.7 Å². The van der Waals surface area contributed by atoms with Crippen LogP contribution < -0.4 is 10.5 Å². The molecule has 1 atom stereocenters. The van der Waals surface area contributed by atoms with Crippen molar-refractivity contribution in [2.24, 2.45) is 5.73 Å². The fraction of sp³-hybridized carbons (Fsp3) is 0.250. The molecule has 0 spiro atoms. The van der Waals surface area contributed by atoms with Gasteiger partial charge in [0.15, 0.2) is 11.6 Å². The maximum absolute atomic E-state index is 13.7. The smallest absolute Gasteiger partial charge is 0.165 e. The van der Waals surface area contributed by atoms with Crippen molar-refractivity contribution in [2.45, 2.75) is 26.3 Å². The average molecular weight is 294 g/mol. The van der Waals surface area contributed by atoms with Gasteiger partial charge in [-0.3, -0.25) is 0 Å². The highest BCUT2D eigenvalue weighted by molar-refractivity contribution is 6.32. The Bertz CT molecular complexity index is 613. The largest absolute Gasteiger partial charge is 0.453 e. The number of hydrogen-bond acceptors (Lipinski definition) is 2. The van der Waals surface area contributed by atoms with Crippen molar-refractivity contribution in [3.05, 3.63) is 58.4 Å². The standard InChI is InChI=1S/C16H17ClFNO/c1-10-3-5-14(18)16(7-10)20-15-6-4-12(8-11(2)19)9-13(15)17/h3-7,9,11H,8,19H2,1-2H3. The molecule has 2 N–H and O–H groups in total. The van der Waals surface area contributed by atoms with E-state index < -0.39 is 5.82 Å². The monoisotopic (exact) mass is 293 g/mol. The van der Waals surface area contributed by atoms with E-state index in [9.17, 15) is 4.39 Å². The van der Waals surface area contributed by atoms with Gasteiger partial charge in [0.1, 0.15) is 5.75 Å². The lowest BCUT2D eigenvalue weighted by Crippen LogP contribution is -2.17. The second kappa shape index (κ2) is 6.25. The van der Waals surface area contributed by atoms with Gasteiger partial charge >= 0.3 is 0 Å². The van der Waals surface area contributed by atoms with Crippen LogP contribution in [0.15, 0.2) is 36.4 Å². The molecule has 0 aromatic heterocycles. The Hall–Kier alpha value is -1.58. The van der Waals surface area contributed by atoms with E-state index in [-0.39, 0.29) is 11.8 Å². The fourth-order valence-corrected chi connectivity index (χ4v) is 2.17. The van der Waals surface area contributed by atoms with Crippen molar-refractivity contribution >= 4 is 11.6 Å². The molecule has 2 aromatic rings. The molecule has 4 heteroatoms. The molecule has 1 unspecified atom stereocenters. The zero-order chi connectivity index (χ0) is 14.7. The third-order valence-corrected chi connectivity index (χ3v) is 3.16. The summed E-state index contributed by atoms with van der Waals surface area (Å²) in [5, 5.41) is 0.448. The Labute approximate surface area is 123 Å². The predicted molar refractivity (Wildman–Crippen MR) is 80.0 cm³/mol. The first-order valence-corrected chi connectivity index (χ1v) is 6.81. The molecule has 2 aromatic carbocycles. The molecule has 2 nitrogen and oxygen atoms in total. The third-order valence-electron chi connectivity index (χ3n) is 2.86. The first kappa shape index (κ1) is 14.8. The van der Waals surface area contributed by atoms with Gasteiger partial charge in [0.2, 0.25) is 0 Å². The van der Waals surface area contributed by atoms with E-state index in [1.807, 2.05) is 19.9 Å². The topological polar surface area (TPSA) is 35.2 Å². The molecule has 2 rings (SSSR count). The van der Waals surface area contributed by atoms with Crippen molar-refractivity contribution in [3.63, 3.8) is 0 Å². The highest BCUT2D eigenvalue weighted by Crippen LogP contribution is 2.32. The van der Waals surface area contributed by atoms with Gasteiger partial charge in [-0.1, -0.05) is 23.7 Å². The number of aryl methyl sites for hydroxylation is 1. The number of hydrogen-bond donors (Lipinski definition) is 1. The molecule has 0 saturated heterocycles. The summed E-state index contributed by atoms with van der Waals surface area (Å²) >= 11 is 6.17. The highest BCUT2D eigenvalue weighted by atomic mass is 35.5. The van der Waals surface area contributed by atoms with Crippen LogP contribution in [0.5, 0.6) is 11.5 Å². The Balaban J connectivity index is 2.23. The van der Waals surface area contributed by atoms with Crippen LogP contribution in [-0.4, -0.2) is 6.04 Å². The van der Waals surface area contributed by atoms with E-state index in [0.29, 0.717) is 10.8 Å². The Kier molecular flexibility index (Phi) is 4.63. The zero-order valence-corrected chi connectivity index (χ0v) is 12.2. The molecule has 0 aliphatic rings. The Morgan fingerprint density at radius 1 is 1.20 bits per heavy atom. The normalized spacial score (nSPS) is 12.2. The second-order valence-electron chi connectivity index (χ2n) is 4.98. The Morgan fingerprint density at radius 3 is 2.60 bits per heavy atom. The summed E-state index contributed by atoms with van der Waals surface area (Å²) in [5.74, 6) is 0.197. The first-order chi connectivity index (χ1) is 9.45. The van der Waals surface area contributed by atoms with Crippen molar-refractivity contribution in [2.75, 3.05) is 0 Å². The number of benzene rings is 2. The molecule has 20 heavy (non-hydrogen) atoms. The van der Waals surface area contributed by atoms with Crippen LogP contribution >= 0.6 is 11.6 Å². The van der Waals surface area contributed by atoms with Gasteiger partial charge in [-0.2, -0.15) is 0 Å². The second-order valence-corrected chi connectivity index (χ2v) is 5.39. The quantitative estimate of drug-likeness (QED) is 0.902. The van der Waals surface area contributed by atoms with Gasteiger partial charge in [-0.15, -0.1) is 0 Å². The lowest BCUT2D eigenvalue weighted by molar-refractivity contribution is 0.442. The molecular formula is C16H17ClFNO. The number of ether oxygens (including phenoxy) is 1. The molecule has 106 valence electrons. The molecule has 0 radical (unpaired) electrons. The van der Waals surface area contributed by atoms with Crippen LogP contribution in [0.3, 0.4) is 0 Å². The van der Waals surface area contributed by atoms with Crippen LogP contribution in [0.1, 0.15) is 18.1 Å². The van der Waals surface area contributed by atoms with Gasteiger partial charge in [0.05, 0.1) is 5.02 Å². The third kappa shape index (κ3) is 3.71. The van der Waals surface area contributed by atoms with Gasteiger partial charge in [-0.25, -0.2) is 4.39 Å². The molecule has 0 amide bonds. The van der Waals surface area contributed by atoms with E-state index >= 15 is 0 Å². The van der Waals surface area contributed by atoms with Crippen LogP contribution in [0.4, 0.5) is 4.39 Å². The number of nitrogens with two attached hydrogens (primary N) is 1. The number of rotatable bonds is 4. The summed E-state index contributed by atoms with van der Waals surface area (Å²) in [4.78, 5) is 0.